The molecule has 0 bridgehead atoms. The molecule has 0 fully saturated rings. The zero-order chi connectivity index (χ0) is 20.5. The Balaban J connectivity index is 1.88. The predicted octanol–water partition coefficient (Wildman–Crippen LogP) is 5.89. The summed E-state index contributed by atoms with van der Waals surface area (Å²) in [6, 6.07) is 16.2. The molecule has 0 saturated heterocycles. The van der Waals surface area contributed by atoms with Crippen LogP contribution in [0.4, 0.5) is 0 Å². The van der Waals surface area contributed by atoms with Crippen molar-refractivity contribution in [2.24, 2.45) is 0 Å². The largest absolute Gasteiger partial charge is 0.456 e. The molecule has 3 nitrogen and oxygen atoms in total. The van der Waals surface area contributed by atoms with E-state index in [-0.39, 0.29) is 18.0 Å². The van der Waals surface area contributed by atoms with Crippen molar-refractivity contribution in [2.45, 2.75) is 39.8 Å². The van der Waals surface area contributed by atoms with E-state index in [4.69, 9.17) is 4.74 Å². The molecule has 0 atom stereocenters. The van der Waals surface area contributed by atoms with Crippen LogP contribution in [0.3, 0.4) is 0 Å². The van der Waals surface area contributed by atoms with Gasteiger partial charge in [0.15, 0.2) is 0 Å². The van der Waals surface area contributed by atoms with Crippen LogP contribution in [0.15, 0.2) is 83.6 Å². The molecule has 0 aromatic heterocycles. The van der Waals surface area contributed by atoms with Crippen molar-refractivity contribution in [2.75, 3.05) is 0 Å². The second-order valence-electron chi connectivity index (χ2n) is 7.85. The molecule has 1 heterocycles. The summed E-state index contributed by atoms with van der Waals surface area (Å²) in [6.07, 6.45) is 5.77. The highest BCUT2D eigenvalue weighted by molar-refractivity contribution is 6.01. The van der Waals surface area contributed by atoms with E-state index in [0.717, 1.165) is 33.8 Å². The molecule has 0 radical (unpaired) electrons. The van der Waals surface area contributed by atoms with Gasteiger partial charge in [0.2, 0.25) is 0 Å². The van der Waals surface area contributed by atoms with Gasteiger partial charge in [0.1, 0.15) is 11.5 Å². The first kappa shape index (κ1) is 19.0. The highest BCUT2D eigenvalue weighted by Crippen LogP contribution is 2.43. The number of nitrogens with zero attached hydrogens (tertiary/aromatic N) is 1. The van der Waals surface area contributed by atoms with Crippen molar-refractivity contribution in [3.8, 4) is 11.5 Å². The number of carbonyl (C=O) groups is 1. The molecular weight excluding hydrogens is 358 g/mol. The lowest BCUT2D eigenvalue weighted by atomic mass is 9.93. The number of ether oxygens (including phenoxy) is 1. The third-order valence-corrected chi connectivity index (χ3v) is 5.19. The van der Waals surface area contributed by atoms with Gasteiger partial charge in [-0.15, -0.1) is 5.73 Å². The van der Waals surface area contributed by atoms with E-state index < -0.39 is 0 Å². The van der Waals surface area contributed by atoms with Crippen molar-refractivity contribution in [3.05, 3.63) is 94.8 Å². The van der Waals surface area contributed by atoms with Crippen LogP contribution < -0.4 is 4.74 Å². The Kier molecular flexibility index (Phi) is 5.00. The lowest BCUT2D eigenvalue weighted by Crippen LogP contribution is -2.42. The number of hydrogen-bond acceptors (Lipinski definition) is 2. The lowest BCUT2D eigenvalue weighted by Gasteiger charge is -2.31. The van der Waals surface area contributed by atoms with Gasteiger partial charge in [-0.25, -0.2) is 0 Å². The van der Waals surface area contributed by atoms with Crippen molar-refractivity contribution in [1.29, 1.82) is 0 Å². The summed E-state index contributed by atoms with van der Waals surface area (Å²) in [6.45, 7) is 8.20. The van der Waals surface area contributed by atoms with Gasteiger partial charge in [-0.2, -0.15) is 0 Å². The summed E-state index contributed by atoms with van der Waals surface area (Å²) in [5.74, 6) is 1.65. The maximum Gasteiger partial charge on any atom is 0.255 e. The molecule has 0 unspecified atom stereocenters. The Bertz CT molecular complexity index is 1040. The molecule has 146 valence electrons. The average Bonchev–Trinajstić information content (AvgIpc) is 3.15. The van der Waals surface area contributed by atoms with Crippen LogP contribution >= 0.6 is 0 Å². The van der Waals surface area contributed by atoms with Gasteiger partial charge in [-0.3, -0.25) is 4.79 Å². The standard InChI is InChI=1S/C26H25NO2/c1-17(2)27(18(3)4)26(28)20-13-9-10-19(20)16-23-21-11-5-7-14-24(21)29-25-15-8-6-12-22(23)25/h5-15,17-18H,1-4H3. The van der Waals surface area contributed by atoms with Crippen molar-refractivity contribution >= 4 is 11.5 Å². The predicted molar refractivity (Wildman–Crippen MR) is 117 cm³/mol. The van der Waals surface area contributed by atoms with Gasteiger partial charge in [0.25, 0.3) is 5.91 Å². The molecular formula is C26H25NO2. The number of fused-ring (bicyclic) bond motifs is 2. The smallest absolute Gasteiger partial charge is 0.255 e. The molecule has 2 aromatic carbocycles. The summed E-state index contributed by atoms with van der Waals surface area (Å²) in [4.78, 5) is 15.2. The molecule has 1 amide bonds. The van der Waals surface area contributed by atoms with E-state index in [1.54, 1.807) is 0 Å². The van der Waals surface area contributed by atoms with Crippen LogP contribution in [-0.4, -0.2) is 22.9 Å². The van der Waals surface area contributed by atoms with Crippen molar-refractivity contribution in [1.82, 2.24) is 4.90 Å². The van der Waals surface area contributed by atoms with Crippen LogP contribution in [0.2, 0.25) is 0 Å². The van der Waals surface area contributed by atoms with Crippen LogP contribution in [0.1, 0.15) is 38.8 Å². The maximum atomic E-state index is 13.3. The fourth-order valence-corrected chi connectivity index (χ4v) is 3.98. The summed E-state index contributed by atoms with van der Waals surface area (Å²) < 4.78 is 6.07. The topological polar surface area (TPSA) is 29.5 Å². The van der Waals surface area contributed by atoms with E-state index in [1.165, 1.54) is 0 Å². The van der Waals surface area contributed by atoms with Crippen LogP contribution in [0.5, 0.6) is 11.5 Å². The lowest BCUT2D eigenvalue weighted by molar-refractivity contribution is -0.130. The van der Waals surface area contributed by atoms with Gasteiger partial charge in [0, 0.05) is 34.4 Å². The average molecular weight is 383 g/mol. The number of carbonyl (C=O) groups excluding carboxylic acids is 1. The zero-order valence-electron chi connectivity index (χ0n) is 17.3. The van der Waals surface area contributed by atoms with Crippen molar-refractivity contribution < 1.29 is 9.53 Å². The molecule has 1 aliphatic heterocycles. The van der Waals surface area contributed by atoms with Gasteiger partial charge in [-0.05, 0) is 64.1 Å². The first-order valence-electron chi connectivity index (χ1n) is 10.1. The Morgan fingerprint density at radius 2 is 1.45 bits per heavy atom. The number of rotatable bonds is 3. The highest BCUT2D eigenvalue weighted by Gasteiger charge is 2.27. The monoisotopic (exact) mass is 383 g/mol. The Hall–Kier alpha value is -3.29. The van der Waals surface area contributed by atoms with Crippen molar-refractivity contribution in [3.63, 3.8) is 0 Å². The number of benzene rings is 2. The molecule has 3 heteroatoms. The summed E-state index contributed by atoms with van der Waals surface area (Å²) in [5, 5.41) is 0. The molecule has 0 spiro atoms. The molecule has 2 aliphatic rings. The fourth-order valence-electron chi connectivity index (χ4n) is 3.98. The Morgan fingerprint density at radius 3 is 2.00 bits per heavy atom. The summed E-state index contributed by atoms with van der Waals surface area (Å²) >= 11 is 0. The number of amides is 1. The van der Waals surface area contributed by atoms with E-state index in [2.05, 4.69) is 5.73 Å². The van der Waals surface area contributed by atoms with Gasteiger partial charge >= 0.3 is 0 Å². The number of allylic oxidation sites excluding steroid dienone is 3. The zero-order valence-corrected chi connectivity index (χ0v) is 17.3. The normalized spacial score (nSPS) is 14.3. The van der Waals surface area contributed by atoms with E-state index in [9.17, 15) is 4.79 Å². The Morgan fingerprint density at radius 1 is 0.897 bits per heavy atom. The van der Waals surface area contributed by atoms with Gasteiger partial charge < -0.3 is 9.64 Å². The SMILES string of the molecule is CC(C)N(C(=O)C1=CC=CC1=C=C1c2ccccc2Oc2ccccc21)C(C)C. The first-order chi connectivity index (χ1) is 14.0. The van der Waals surface area contributed by atoms with E-state index >= 15 is 0 Å². The molecule has 0 N–H and O–H groups in total. The van der Waals surface area contributed by atoms with Crippen LogP contribution in [-0.2, 0) is 4.79 Å². The Labute approximate surface area is 172 Å². The van der Waals surface area contributed by atoms with Gasteiger partial charge in [-0.1, -0.05) is 30.3 Å². The minimum atomic E-state index is 0.0386. The second kappa shape index (κ2) is 7.62. The summed E-state index contributed by atoms with van der Waals surface area (Å²) in [7, 11) is 0. The van der Waals surface area contributed by atoms with Crippen LogP contribution in [0.25, 0.3) is 5.57 Å². The minimum Gasteiger partial charge on any atom is -0.456 e. The quantitative estimate of drug-likeness (QED) is 0.528. The molecule has 1 aliphatic carbocycles. The minimum absolute atomic E-state index is 0.0386. The van der Waals surface area contributed by atoms with E-state index in [1.807, 2.05) is 99.4 Å². The number of hydrogen-bond donors (Lipinski definition) is 0. The first-order valence-corrected chi connectivity index (χ1v) is 10.1. The van der Waals surface area contributed by atoms with Gasteiger partial charge in [0.05, 0.1) is 5.57 Å². The third kappa shape index (κ3) is 3.46. The number of para-hydroxylation sites is 2. The van der Waals surface area contributed by atoms with Crippen LogP contribution in [0, 0.1) is 0 Å². The molecule has 2 aromatic rings. The molecule has 4 rings (SSSR count). The summed E-state index contributed by atoms with van der Waals surface area (Å²) in [5.41, 5.74) is 7.95. The fraction of sp³-hybridized carbons (Fsp3) is 0.231. The second-order valence-corrected chi connectivity index (χ2v) is 7.85. The maximum absolute atomic E-state index is 13.3. The third-order valence-electron chi connectivity index (χ3n) is 5.19. The van der Waals surface area contributed by atoms with E-state index in [0.29, 0.717) is 5.57 Å². The molecule has 0 saturated carbocycles. The highest BCUT2D eigenvalue weighted by atomic mass is 16.5. The molecule has 29 heavy (non-hydrogen) atoms.